The van der Waals surface area contributed by atoms with E-state index in [1.165, 1.54) is 13.0 Å². The molecule has 15 heavy (non-hydrogen) atoms. The maximum atomic E-state index is 10.7. The van der Waals surface area contributed by atoms with Gasteiger partial charge in [0.1, 0.15) is 5.75 Å². The largest absolute Gasteiger partial charge is 0.508 e. The Morgan fingerprint density at radius 2 is 2.27 bits per heavy atom. The molecular weight excluding hydrogens is 208 g/mol. The van der Waals surface area contributed by atoms with Crippen molar-refractivity contribution in [1.82, 2.24) is 0 Å². The SMILES string of the molecule is CSc1ccc(O)c(C/C=C/C(C)=O)c1. The second-order valence-corrected chi connectivity index (χ2v) is 4.09. The number of phenols is 1. The molecule has 0 aliphatic rings. The number of benzene rings is 1. The predicted molar refractivity (Wildman–Crippen MR) is 63.4 cm³/mol. The van der Waals surface area contributed by atoms with Crippen LogP contribution in [0.3, 0.4) is 0 Å². The number of ketones is 1. The van der Waals surface area contributed by atoms with E-state index < -0.39 is 0 Å². The summed E-state index contributed by atoms with van der Waals surface area (Å²) in [5, 5.41) is 9.57. The second-order valence-electron chi connectivity index (χ2n) is 3.21. The van der Waals surface area contributed by atoms with Crippen molar-refractivity contribution in [3.63, 3.8) is 0 Å². The number of carbonyl (C=O) groups is 1. The number of hydrogen-bond acceptors (Lipinski definition) is 3. The second kappa shape index (κ2) is 5.61. The lowest BCUT2D eigenvalue weighted by Gasteiger charge is -2.03. The van der Waals surface area contributed by atoms with Crippen LogP contribution in [-0.4, -0.2) is 17.1 Å². The highest BCUT2D eigenvalue weighted by molar-refractivity contribution is 7.98. The van der Waals surface area contributed by atoms with Gasteiger partial charge in [0, 0.05) is 4.90 Å². The minimum atomic E-state index is 0.0236. The number of allylic oxidation sites excluding steroid dienone is 2. The van der Waals surface area contributed by atoms with E-state index in [1.54, 1.807) is 23.9 Å². The maximum absolute atomic E-state index is 10.7. The van der Waals surface area contributed by atoms with Crippen molar-refractivity contribution in [3.05, 3.63) is 35.9 Å². The summed E-state index contributed by atoms with van der Waals surface area (Å²) in [4.78, 5) is 11.8. The molecule has 0 fully saturated rings. The summed E-state index contributed by atoms with van der Waals surface area (Å²) in [5.74, 6) is 0.302. The lowest BCUT2D eigenvalue weighted by Crippen LogP contribution is -1.86. The summed E-state index contributed by atoms with van der Waals surface area (Å²) in [6, 6.07) is 5.49. The Bertz CT molecular complexity index is 383. The highest BCUT2D eigenvalue weighted by Gasteiger charge is 2.00. The fourth-order valence-electron chi connectivity index (χ4n) is 1.20. The summed E-state index contributed by atoms with van der Waals surface area (Å²) in [7, 11) is 0. The molecule has 0 amide bonds. The molecular formula is C12H14O2S. The molecule has 0 aliphatic heterocycles. The third-order valence-electron chi connectivity index (χ3n) is 1.98. The van der Waals surface area contributed by atoms with Gasteiger partial charge in [-0.25, -0.2) is 0 Å². The van der Waals surface area contributed by atoms with Gasteiger partial charge in [-0.2, -0.15) is 0 Å². The molecule has 2 nitrogen and oxygen atoms in total. The minimum Gasteiger partial charge on any atom is -0.508 e. The van der Waals surface area contributed by atoms with E-state index in [2.05, 4.69) is 0 Å². The molecule has 0 bridgehead atoms. The molecule has 0 atom stereocenters. The number of phenolic OH excluding ortho intramolecular Hbond substituents is 1. The van der Waals surface area contributed by atoms with Gasteiger partial charge in [-0.15, -0.1) is 11.8 Å². The monoisotopic (exact) mass is 222 g/mol. The molecule has 0 unspecified atom stereocenters. The van der Waals surface area contributed by atoms with E-state index in [1.807, 2.05) is 18.4 Å². The van der Waals surface area contributed by atoms with Crippen LogP contribution in [0.2, 0.25) is 0 Å². The van der Waals surface area contributed by atoms with E-state index in [0.717, 1.165) is 10.5 Å². The highest BCUT2D eigenvalue weighted by Crippen LogP contribution is 2.24. The van der Waals surface area contributed by atoms with E-state index >= 15 is 0 Å². The molecule has 1 N–H and O–H groups in total. The zero-order valence-corrected chi connectivity index (χ0v) is 9.67. The van der Waals surface area contributed by atoms with Crippen LogP contribution in [0.4, 0.5) is 0 Å². The molecule has 0 radical (unpaired) electrons. The first-order valence-corrected chi connectivity index (χ1v) is 5.89. The van der Waals surface area contributed by atoms with Crippen molar-refractivity contribution in [2.24, 2.45) is 0 Å². The van der Waals surface area contributed by atoms with Crippen LogP contribution in [0.1, 0.15) is 12.5 Å². The zero-order valence-electron chi connectivity index (χ0n) is 8.86. The Labute approximate surface area is 94.0 Å². The summed E-state index contributed by atoms with van der Waals surface area (Å²) < 4.78 is 0. The smallest absolute Gasteiger partial charge is 0.152 e. The Morgan fingerprint density at radius 1 is 1.53 bits per heavy atom. The summed E-state index contributed by atoms with van der Waals surface area (Å²) in [6.07, 6.45) is 5.86. The number of carbonyl (C=O) groups excluding carboxylic acids is 1. The van der Waals surface area contributed by atoms with Gasteiger partial charge in [-0.3, -0.25) is 4.79 Å². The van der Waals surface area contributed by atoms with E-state index in [0.29, 0.717) is 6.42 Å². The van der Waals surface area contributed by atoms with Crippen LogP contribution in [0.25, 0.3) is 0 Å². The molecule has 1 rings (SSSR count). The van der Waals surface area contributed by atoms with E-state index in [4.69, 9.17) is 0 Å². The molecule has 0 saturated heterocycles. The van der Waals surface area contributed by atoms with Gasteiger partial charge < -0.3 is 5.11 Å². The quantitative estimate of drug-likeness (QED) is 0.628. The van der Waals surface area contributed by atoms with Crippen molar-refractivity contribution in [2.45, 2.75) is 18.2 Å². The summed E-state index contributed by atoms with van der Waals surface area (Å²) in [6.45, 7) is 1.51. The van der Waals surface area contributed by atoms with E-state index in [9.17, 15) is 9.90 Å². The van der Waals surface area contributed by atoms with Gasteiger partial charge >= 0.3 is 0 Å². The van der Waals surface area contributed by atoms with Crippen LogP contribution in [-0.2, 0) is 11.2 Å². The third-order valence-corrected chi connectivity index (χ3v) is 2.70. The van der Waals surface area contributed by atoms with Crippen LogP contribution in [0, 0.1) is 0 Å². The molecule has 1 aromatic rings. The summed E-state index contributed by atoms with van der Waals surface area (Å²) in [5.41, 5.74) is 0.847. The van der Waals surface area contributed by atoms with Crippen LogP contribution in [0.15, 0.2) is 35.2 Å². The molecule has 0 heterocycles. The molecule has 0 aliphatic carbocycles. The van der Waals surface area contributed by atoms with Crippen molar-refractivity contribution < 1.29 is 9.90 Å². The third kappa shape index (κ3) is 3.80. The number of hydrogen-bond donors (Lipinski definition) is 1. The normalized spacial score (nSPS) is 10.8. The average Bonchev–Trinajstić information content (AvgIpc) is 2.20. The molecule has 80 valence electrons. The molecule has 3 heteroatoms. The van der Waals surface area contributed by atoms with Crippen LogP contribution >= 0.6 is 11.8 Å². The first-order valence-electron chi connectivity index (χ1n) is 4.66. The van der Waals surface area contributed by atoms with Crippen molar-refractivity contribution >= 4 is 17.5 Å². The molecule has 0 aromatic heterocycles. The van der Waals surface area contributed by atoms with Crippen LogP contribution in [0.5, 0.6) is 5.75 Å². The van der Waals surface area contributed by atoms with Gasteiger partial charge in [0.05, 0.1) is 0 Å². The fraction of sp³-hybridized carbons (Fsp3) is 0.250. The van der Waals surface area contributed by atoms with Gasteiger partial charge in [-0.05, 0) is 49.4 Å². The van der Waals surface area contributed by atoms with E-state index in [-0.39, 0.29) is 11.5 Å². The van der Waals surface area contributed by atoms with Gasteiger partial charge in [0.25, 0.3) is 0 Å². The Morgan fingerprint density at radius 3 is 2.87 bits per heavy atom. The standard InChI is InChI=1S/C12H14O2S/c1-9(13)4-3-5-10-8-11(15-2)6-7-12(10)14/h3-4,6-8,14H,5H2,1-2H3/b4-3+. The highest BCUT2D eigenvalue weighted by atomic mass is 32.2. The average molecular weight is 222 g/mol. The molecule has 0 saturated carbocycles. The number of thioether (sulfide) groups is 1. The van der Waals surface area contributed by atoms with Crippen molar-refractivity contribution in [2.75, 3.05) is 6.26 Å². The molecule has 0 spiro atoms. The van der Waals surface area contributed by atoms with Gasteiger partial charge in [0.2, 0.25) is 0 Å². The van der Waals surface area contributed by atoms with Crippen molar-refractivity contribution in [3.8, 4) is 5.75 Å². The Kier molecular flexibility index (Phi) is 4.43. The minimum absolute atomic E-state index is 0.0236. The Balaban J connectivity index is 2.79. The maximum Gasteiger partial charge on any atom is 0.152 e. The first-order chi connectivity index (χ1) is 7.13. The lowest BCUT2D eigenvalue weighted by molar-refractivity contribution is -0.112. The summed E-state index contributed by atoms with van der Waals surface area (Å²) >= 11 is 1.63. The number of aromatic hydroxyl groups is 1. The fourth-order valence-corrected chi connectivity index (χ4v) is 1.67. The van der Waals surface area contributed by atoms with Crippen LogP contribution < -0.4 is 0 Å². The predicted octanol–water partition coefficient (Wildman–Crippen LogP) is 2.80. The van der Waals surface area contributed by atoms with Gasteiger partial charge in [0.15, 0.2) is 5.78 Å². The van der Waals surface area contributed by atoms with Gasteiger partial charge in [-0.1, -0.05) is 6.08 Å². The number of rotatable bonds is 4. The Hall–Kier alpha value is -1.22. The topological polar surface area (TPSA) is 37.3 Å². The first kappa shape index (κ1) is 11.9. The lowest BCUT2D eigenvalue weighted by atomic mass is 10.1. The molecule has 1 aromatic carbocycles. The van der Waals surface area contributed by atoms with Crippen molar-refractivity contribution in [1.29, 1.82) is 0 Å². The zero-order chi connectivity index (χ0) is 11.3.